The summed E-state index contributed by atoms with van der Waals surface area (Å²) in [6.07, 6.45) is 3.34. The Kier molecular flexibility index (Phi) is 7.66. The van der Waals surface area contributed by atoms with E-state index in [1.165, 1.54) is 0 Å². The van der Waals surface area contributed by atoms with Crippen molar-refractivity contribution in [2.75, 3.05) is 6.61 Å². The molecule has 0 aliphatic carbocycles. The van der Waals surface area contributed by atoms with Gasteiger partial charge in [-0.25, -0.2) is 4.79 Å². The average molecular weight is 265 g/mol. The zero-order chi connectivity index (χ0) is 13.9. The minimum atomic E-state index is -0.376. The lowest BCUT2D eigenvalue weighted by molar-refractivity contribution is 0.135. The van der Waals surface area contributed by atoms with Crippen molar-refractivity contribution < 1.29 is 14.6 Å². The Labute approximate surface area is 114 Å². The van der Waals surface area contributed by atoms with Crippen molar-refractivity contribution in [3.8, 4) is 0 Å². The third-order valence-corrected chi connectivity index (χ3v) is 2.87. The van der Waals surface area contributed by atoms with Crippen LogP contribution in [0.2, 0.25) is 0 Å². The molecule has 19 heavy (non-hydrogen) atoms. The molecule has 0 heterocycles. The topological polar surface area (TPSA) is 58.6 Å². The smallest absolute Gasteiger partial charge is 0.407 e. The van der Waals surface area contributed by atoms with Gasteiger partial charge in [0.25, 0.3) is 0 Å². The number of alkyl carbamates (subject to hydrolysis) is 1. The summed E-state index contributed by atoms with van der Waals surface area (Å²) in [5.41, 5.74) is 0.980. The first-order valence-corrected chi connectivity index (χ1v) is 6.80. The van der Waals surface area contributed by atoms with Crippen LogP contribution in [-0.2, 0) is 11.3 Å². The largest absolute Gasteiger partial charge is 0.445 e. The van der Waals surface area contributed by atoms with Gasteiger partial charge in [0.15, 0.2) is 0 Å². The van der Waals surface area contributed by atoms with Crippen LogP contribution in [-0.4, -0.2) is 23.8 Å². The molecule has 4 nitrogen and oxygen atoms in total. The molecule has 4 heteroatoms. The molecule has 1 rings (SSSR count). The van der Waals surface area contributed by atoms with Crippen molar-refractivity contribution in [3.63, 3.8) is 0 Å². The maximum atomic E-state index is 11.5. The van der Waals surface area contributed by atoms with Crippen LogP contribution in [0.1, 0.15) is 38.2 Å². The van der Waals surface area contributed by atoms with Crippen LogP contribution < -0.4 is 5.32 Å². The summed E-state index contributed by atoms with van der Waals surface area (Å²) in [5, 5.41) is 11.5. The number of rotatable bonds is 8. The number of carbonyl (C=O) groups excluding carboxylic acids is 1. The van der Waals surface area contributed by atoms with E-state index in [4.69, 9.17) is 9.84 Å². The van der Waals surface area contributed by atoms with Gasteiger partial charge in [-0.05, 0) is 25.3 Å². The fourth-order valence-corrected chi connectivity index (χ4v) is 1.78. The molecule has 0 fully saturated rings. The van der Waals surface area contributed by atoms with Crippen LogP contribution in [0.25, 0.3) is 0 Å². The van der Waals surface area contributed by atoms with Gasteiger partial charge in [-0.1, -0.05) is 43.2 Å². The lowest BCUT2D eigenvalue weighted by Crippen LogP contribution is -2.32. The van der Waals surface area contributed by atoms with Gasteiger partial charge in [-0.3, -0.25) is 0 Å². The Morgan fingerprint density at radius 1 is 1.26 bits per heavy atom. The molecule has 0 unspecified atom stereocenters. The number of hydrogen-bond donors (Lipinski definition) is 2. The Hall–Kier alpha value is -1.55. The van der Waals surface area contributed by atoms with E-state index in [0.717, 1.165) is 31.2 Å². The fourth-order valence-electron chi connectivity index (χ4n) is 1.78. The second kappa shape index (κ2) is 9.39. The third kappa shape index (κ3) is 7.47. The summed E-state index contributed by atoms with van der Waals surface area (Å²) >= 11 is 0. The number of carbonyl (C=O) groups is 1. The average Bonchev–Trinajstić information content (AvgIpc) is 2.42. The molecule has 1 aromatic rings. The molecule has 2 N–H and O–H groups in total. The van der Waals surface area contributed by atoms with E-state index in [1.807, 2.05) is 37.3 Å². The Bertz CT molecular complexity index is 354. The van der Waals surface area contributed by atoms with Crippen molar-refractivity contribution in [2.24, 2.45) is 0 Å². The summed E-state index contributed by atoms with van der Waals surface area (Å²) in [5.74, 6) is 0. The zero-order valence-electron chi connectivity index (χ0n) is 11.5. The second-order valence-corrected chi connectivity index (χ2v) is 4.68. The van der Waals surface area contributed by atoms with Crippen molar-refractivity contribution >= 4 is 6.09 Å². The van der Waals surface area contributed by atoms with Gasteiger partial charge in [0.1, 0.15) is 6.61 Å². The fraction of sp³-hybridized carbons (Fsp3) is 0.533. The van der Waals surface area contributed by atoms with E-state index in [9.17, 15) is 4.79 Å². The lowest BCUT2D eigenvalue weighted by atomic mass is 10.1. The number of ether oxygens (including phenoxy) is 1. The Morgan fingerprint density at radius 2 is 2.00 bits per heavy atom. The van der Waals surface area contributed by atoms with Crippen LogP contribution in [0, 0.1) is 0 Å². The molecular weight excluding hydrogens is 242 g/mol. The lowest BCUT2D eigenvalue weighted by Gasteiger charge is -2.13. The standard InChI is InChI=1S/C15H23NO3/c1-13(8-4-3-7-11-17)16-15(18)19-12-14-9-5-2-6-10-14/h2,5-6,9-10,13,17H,3-4,7-8,11-12H2,1H3,(H,16,18)/t13-/m0/s1. The monoisotopic (exact) mass is 265 g/mol. The van der Waals surface area contributed by atoms with Crippen LogP contribution >= 0.6 is 0 Å². The molecule has 0 bridgehead atoms. The van der Waals surface area contributed by atoms with E-state index in [-0.39, 0.29) is 18.7 Å². The molecule has 0 spiro atoms. The molecule has 106 valence electrons. The van der Waals surface area contributed by atoms with Gasteiger partial charge >= 0.3 is 6.09 Å². The summed E-state index contributed by atoms with van der Waals surface area (Å²) in [4.78, 5) is 11.5. The van der Waals surface area contributed by atoms with Gasteiger partial charge in [-0.2, -0.15) is 0 Å². The minimum absolute atomic E-state index is 0.0990. The number of aliphatic hydroxyl groups excluding tert-OH is 1. The molecular formula is C15H23NO3. The Balaban J connectivity index is 2.13. The van der Waals surface area contributed by atoms with Gasteiger partial charge in [0.2, 0.25) is 0 Å². The summed E-state index contributed by atoms with van der Waals surface area (Å²) in [6, 6.07) is 9.71. The first-order valence-electron chi connectivity index (χ1n) is 6.80. The summed E-state index contributed by atoms with van der Waals surface area (Å²) in [6.45, 7) is 2.49. The summed E-state index contributed by atoms with van der Waals surface area (Å²) < 4.78 is 5.14. The van der Waals surface area contributed by atoms with Crippen molar-refractivity contribution in [3.05, 3.63) is 35.9 Å². The van der Waals surface area contributed by atoms with E-state index >= 15 is 0 Å². The highest BCUT2D eigenvalue weighted by molar-refractivity contribution is 5.67. The first-order chi connectivity index (χ1) is 9.22. The highest BCUT2D eigenvalue weighted by atomic mass is 16.5. The van der Waals surface area contributed by atoms with Gasteiger partial charge in [0.05, 0.1) is 0 Å². The number of nitrogens with one attached hydrogen (secondary N) is 1. The SMILES string of the molecule is C[C@@H](CCCCCO)NC(=O)OCc1ccccc1. The van der Waals surface area contributed by atoms with Crippen LogP contribution in [0.5, 0.6) is 0 Å². The van der Waals surface area contributed by atoms with Crippen LogP contribution in [0.15, 0.2) is 30.3 Å². The first kappa shape index (κ1) is 15.5. The van der Waals surface area contributed by atoms with E-state index in [2.05, 4.69) is 5.32 Å². The zero-order valence-corrected chi connectivity index (χ0v) is 11.5. The molecule has 0 saturated heterocycles. The number of aliphatic hydroxyl groups is 1. The van der Waals surface area contributed by atoms with Gasteiger partial charge < -0.3 is 15.2 Å². The predicted octanol–water partition coefficient (Wildman–Crippen LogP) is 2.85. The number of hydrogen-bond acceptors (Lipinski definition) is 3. The van der Waals surface area contributed by atoms with Crippen molar-refractivity contribution in [1.82, 2.24) is 5.32 Å². The molecule has 0 aliphatic rings. The van der Waals surface area contributed by atoms with Crippen LogP contribution in [0.3, 0.4) is 0 Å². The quantitative estimate of drug-likeness (QED) is 0.711. The third-order valence-electron chi connectivity index (χ3n) is 2.87. The van der Waals surface area contributed by atoms with Crippen molar-refractivity contribution in [1.29, 1.82) is 0 Å². The van der Waals surface area contributed by atoms with E-state index < -0.39 is 0 Å². The predicted molar refractivity (Wildman–Crippen MR) is 74.8 cm³/mol. The van der Waals surface area contributed by atoms with E-state index in [0.29, 0.717) is 6.61 Å². The van der Waals surface area contributed by atoms with E-state index in [1.54, 1.807) is 0 Å². The van der Waals surface area contributed by atoms with Gasteiger partial charge in [-0.15, -0.1) is 0 Å². The molecule has 0 radical (unpaired) electrons. The highest BCUT2D eigenvalue weighted by Gasteiger charge is 2.07. The molecule has 0 saturated carbocycles. The number of amides is 1. The molecule has 1 aromatic carbocycles. The normalized spacial score (nSPS) is 11.9. The maximum absolute atomic E-state index is 11.5. The van der Waals surface area contributed by atoms with Crippen molar-refractivity contribution in [2.45, 2.75) is 45.3 Å². The minimum Gasteiger partial charge on any atom is -0.445 e. The van der Waals surface area contributed by atoms with Gasteiger partial charge in [0, 0.05) is 12.6 Å². The number of unbranched alkanes of at least 4 members (excludes halogenated alkanes) is 2. The molecule has 0 aliphatic heterocycles. The number of benzene rings is 1. The molecule has 1 atom stereocenters. The second-order valence-electron chi connectivity index (χ2n) is 4.68. The Morgan fingerprint density at radius 3 is 2.68 bits per heavy atom. The van der Waals surface area contributed by atoms with Crippen LogP contribution in [0.4, 0.5) is 4.79 Å². The summed E-state index contributed by atoms with van der Waals surface area (Å²) in [7, 11) is 0. The maximum Gasteiger partial charge on any atom is 0.407 e. The molecule has 0 aromatic heterocycles. The molecule has 1 amide bonds. The highest BCUT2D eigenvalue weighted by Crippen LogP contribution is 2.04.